The molecule has 0 aromatic carbocycles. The van der Waals surface area contributed by atoms with Crippen molar-refractivity contribution in [3.8, 4) is 6.07 Å². The van der Waals surface area contributed by atoms with E-state index in [1.165, 1.54) is 11.3 Å². The van der Waals surface area contributed by atoms with Crippen molar-refractivity contribution < 1.29 is 9.59 Å². The lowest BCUT2D eigenvalue weighted by molar-refractivity contribution is -0.130. The van der Waals surface area contributed by atoms with E-state index >= 15 is 0 Å². The van der Waals surface area contributed by atoms with Crippen LogP contribution in [0.5, 0.6) is 0 Å². The lowest BCUT2D eigenvalue weighted by Crippen LogP contribution is -2.40. The Morgan fingerprint density at radius 2 is 2.38 bits per heavy atom. The molecule has 1 aromatic heterocycles. The summed E-state index contributed by atoms with van der Waals surface area (Å²) < 4.78 is 0. The summed E-state index contributed by atoms with van der Waals surface area (Å²) in [5, 5.41) is 13.0. The predicted molar refractivity (Wildman–Crippen MR) is 57.5 cm³/mol. The van der Waals surface area contributed by atoms with Crippen molar-refractivity contribution in [1.29, 1.82) is 5.26 Å². The number of nitrogens with one attached hydrogen (secondary N) is 1. The summed E-state index contributed by atoms with van der Waals surface area (Å²) in [7, 11) is 0. The van der Waals surface area contributed by atoms with Crippen LogP contribution in [0.15, 0.2) is 17.5 Å². The average Bonchev–Trinajstić information content (AvgIpc) is 2.83. The van der Waals surface area contributed by atoms with Crippen LogP contribution >= 0.6 is 11.3 Å². The van der Waals surface area contributed by atoms with Crippen LogP contribution in [-0.4, -0.2) is 23.4 Å². The van der Waals surface area contributed by atoms with E-state index in [9.17, 15) is 9.59 Å². The highest BCUT2D eigenvalue weighted by molar-refractivity contribution is 7.10. The van der Waals surface area contributed by atoms with Crippen LogP contribution in [0, 0.1) is 11.3 Å². The van der Waals surface area contributed by atoms with Crippen molar-refractivity contribution in [3.63, 3.8) is 0 Å². The van der Waals surface area contributed by atoms with Crippen molar-refractivity contribution in [3.05, 3.63) is 22.4 Å². The van der Waals surface area contributed by atoms with Gasteiger partial charge in [0.05, 0.1) is 6.07 Å². The zero-order chi connectivity index (χ0) is 11.8. The Kier molecular flexibility index (Phi) is 2.40. The number of rotatable bonds is 2. The number of amides is 3. The maximum atomic E-state index is 12.0. The lowest BCUT2D eigenvalue weighted by Gasteiger charge is -2.19. The van der Waals surface area contributed by atoms with Gasteiger partial charge in [0.1, 0.15) is 6.54 Å². The third kappa shape index (κ3) is 1.37. The second-order valence-corrected chi connectivity index (χ2v) is 4.53. The first-order valence-corrected chi connectivity index (χ1v) is 5.52. The summed E-state index contributed by atoms with van der Waals surface area (Å²) in [6.45, 7) is 1.43. The van der Waals surface area contributed by atoms with E-state index in [4.69, 9.17) is 5.26 Å². The molecule has 5 nitrogen and oxygen atoms in total. The van der Waals surface area contributed by atoms with Gasteiger partial charge < -0.3 is 5.32 Å². The predicted octanol–water partition coefficient (Wildman–Crippen LogP) is 1.04. The van der Waals surface area contributed by atoms with Gasteiger partial charge in [-0.05, 0) is 18.4 Å². The van der Waals surface area contributed by atoms with Crippen molar-refractivity contribution in [2.45, 2.75) is 12.5 Å². The minimum Gasteiger partial charge on any atom is -0.319 e. The van der Waals surface area contributed by atoms with Crippen molar-refractivity contribution in [2.75, 3.05) is 6.54 Å². The molecule has 1 unspecified atom stereocenters. The fourth-order valence-corrected chi connectivity index (χ4v) is 2.48. The van der Waals surface area contributed by atoms with Gasteiger partial charge in [0, 0.05) is 4.88 Å². The maximum absolute atomic E-state index is 12.0. The Morgan fingerprint density at radius 3 is 2.94 bits per heavy atom. The zero-order valence-electron chi connectivity index (χ0n) is 8.56. The van der Waals surface area contributed by atoms with E-state index in [-0.39, 0.29) is 12.5 Å². The number of carbonyl (C=O) groups is 2. The SMILES string of the molecule is CC1(c2cccs2)NC(=O)N(CC#N)C1=O. The number of hydrogen-bond donors (Lipinski definition) is 1. The Bertz CT molecular complexity index is 477. The number of urea groups is 1. The van der Waals surface area contributed by atoms with E-state index < -0.39 is 11.6 Å². The third-order valence-electron chi connectivity index (χ3n) is 2.52. The minimum atomic E-state index is -1.03. The van der Waals surface area contributed by atoms with Gasteiger partial charge in [-0.2, -0.15) is 5.26 Å². The van der Waals surface area contributed by atoms with Gasteiger partial charge in [-0.25, -0.2) is 9.69 Å². The van der Waals surface area contributed by atoms with Gasteiger partial charge in [0.15, 0.2) is 5.54 Å². The zero-order valence-corrected chi connectivity index (χ0v) is 9.37. The summed E-state index contributed by atoms with van der Waals surface area (Å²) in [6, 6.07) is 4.90. The molecule has 0 aliphatic carbocycles. The minimum absolute atomic E-state index is 0.217. The van der Waals surface area contributed by atoms with Crippen molar-refractivity contribution in [2.24, 2.45) is 0 Å². The Balaban J connectivity index is 2.37. The molecular weight excluding hydrogens is 226 g/mol. The van der Waals surface area contributed by atoms with Gasteiger partial charge in [-0.3, -0.25) is 4.79 Å². The molecule has 0 spiro atoms. The molecule has 1 atom stereocenters. The normalized spacial score (nSPS) is 24.4. The molecule has 82 valence electrons. The molecule has 16 heavy (non-hydrogen) atoms. The van der Waals surface area contributed by atoms with Crippen LogP contribution in [0.25, 0.3) is 0 Å². The Hall–Kier alpha value is -1.87. The average molecular weight is 235 g/mol. The third-order valence-corrected chi connectivity index (χ3v) is 3.61. The Labute approximate surface area is 96.3 Å². The van der Waals surface area contributed by atoms with E-state index in [0.717, 1.165) is 9.78 Å². The quantitative estimate of drug-likeness (QED) is 0.614. The first kappa shape index (κ1) is 10.6. The number of carbonyl (C=O) groups excluding carboxylic acids is 2. The second kappa shape index (κ2) is 3.61. The molecule has 1 aliphatic heterocycles. The van der Waals surface area contributed by atoms with E-state index in [1.807, 2.05) is 11.4 Å². The number of nitrogens with zero attached hydrogens (tertiary/aromatic N) is 2. The molecule has 0 radical (unpaired) electrons. The largest absolute Gasteiger partial charge is 0.326 e. The van der Waals surface area contributed by atoms with Crippen LogP contribution in [0.2, 0.25) is 0 Å². The summed E-state index contributed by atoms with van der Waals surface area (Å²) in [5.41, 5.74) is -1.03. The number of imide groups is 1. The molecule has 6 heteroatoms. The molecule has 1 N–H and O–H groups in total. The molecule has 1 saturated heterocycles. The summed E-state index contributed by atoms with van der Waals surface area (Å²) >= 11 is 1.40. The fraction of sp³-hybridized carbons (Fsp3) is 0.300. The van der Waals surface area contributed by atoms with Crippen molar-refractivity contribution in [1.82, 2.24) is 10.2 Å². The molecule has 1 fully saturated rings. The monoisotopic (exact) mass is 235 g/mol. The van der Waals surface area contributed by atoms with Gasteiger partial charge in [0.2, 0.25) is 0 Å². The van der Waals surface area contributed by atoms with Crippen LogP contribution in [0.4, 0.5) is 4.79 Å². The molecular formula is C10H9N3O2S. The summed E-state index contributed by atoms with van der Waals surface area (Å²) in [6.07, 6.45) is 0. The second-order valence-electron chi connectivity index (χ2n) is 3.58. The van der Waals surface area contributed by atoms with Crippen LogP contribution in [-0.2, 0) is 10.3 Å². The van der Waals surface area contributed by atoms with E-state index in [0.29, 0.717) is 0 Å². The van der Waals surface area contributed by atoms with Gasteiger partial charge in [-0.15, -0.1) is 11.3 Å². The van der Waals surface area contributed by atoms with E-state index in [1.54, 1.807) is 19.1 Å². The Morgan fingerprint density at radius 1 is 1.62 bits per heavy atom. The van der Waals surface area contributed by atoms with Crippen LogP contribution < -0.4 is 5.32 Å². The van der Waals surface area contributed by atoms with Gasteiger partial charge in [-0.1, -0.05) is 6.07 Å². The first-order chi connectivity index (χ1) is 7.59. The van der Waals surface area contributed by atoms with Crippen molar-refractivity contribution >= 4 is 23.3 Å². The topological polar surface area (TPSA) is 73.2 Å². The number of nitriles is 1. The molecule has 2 rings (SSSR count). The van der Waals surface area contributed by atoms with Gasteiger partial charge in [0.25, 0.3) is 5.91 Å². The molecule has 0 bridgehead atoms. The molecule has 2 heterocycles. The van der Waals surface area contributed by atoms with E-state index in [2.05, 4.69) is 5.32 Å². The molecule has 1 aromatic rings. The maximum Gasteiger partial charge on any atom is 0.326 e. The molecule has 1 aliphatic rings. The summed E-state index contributed by atoms with van der Waals surface area (Å²) in [4.78, 5) is 25.3. The molecule has 3 amide bonds. The fourth-order valence-electron chi connectivity index (χ4n) is 1.64. The summed E-state index contributed by atoms with van der Waals surface area (Å²) in [5.74, 6) is -0.374. The molecule has 0 saturated carbocycles. The van der Waals surface area contributed by atoms with Crippen LogP contribution in [0.1, 0.15) is 11.8 Å². The lowest BCUT2D eigenvalue weighted by atomic mass is 10.0. The van der Waals surface area contributed by atoms with Crippen LogP contribution in [0.3, 0.4) is 0 Å². The highest BCUT2D eigenvalue weighted by atomic mass is 32.1. The number of hydrogen-bond acceptors (Lipinski definition) is 4. The standard InChI is InChI=1S/C10H9N3O2S/c1-10(7-3-2-6-16-7)8(14)13(5-4-11)9(15)12-10/h2-3,6H,5H2,1H3,(H,12,15). The smallest absolute Gasteiger partial charge is 0.319 e. The first-order valence-electron chi connectivity index (χ1n) is 4.64. The number of thiophene rings is 1. The van der Waals surface area contributed by atoms with Gasteiger partial charge >= 0.3 is 6.03 Å². The highest BCUT2D eigenvalue weighted by Crippen LogP contribution is 2.31. The highest BCUT2D eigenvalue weighted by Gasteiger charge is 2.49.